The van der Waals surface area contributed by atoms with Gasteiger partial charge in [0.15, 0.2) is 11.6 Å². The first kappa shape index (κ1) is 24.4. The summed E-state index contributed by atoms with van der Waals surface area (Å²) in [5.74, 6) is -2.89. The summed E-state index contributed by atoms with van der Waals surface area (Å²) in [7, 11) is 0. The molecule has 10 heteroatoms. The van der Waals surface area contributed by atoms with Crippen molar-refractivity contribution in [3.63, 3.8) is 0 Å². The molecule has 1 aliphatic carbocycles. The number of amides is 2. The van der Waals surface area contributed by atoms with E-state index in [-0.39, 0.29) is 30.8 Å². The van der Waals surface area contributed by atoms with Gasteiger partial charge in [0.25, 0.3) is 0 Å². The highest BCUT2D eigenvalue weighted by molar-refractivity contribution is 5.96. The largest absolute Gasteiger partial charge is 0.491 e. The maximum atomic E-state index is 13.7. The molecule has 0 unspecified atom stereocenters. The molecule has 2 heterocycles. The molecule has 0 aromatic heterocycles. The van der Waals surface area contributed by atoms with Gasteiger partial charge in [-0.15, -0.1) is 0 Å². The lowest BCUT2D eigenvalue weighted by Crippen LogP contribution is -2.64. The van der Waals surface area contributed by atoms with Crippen molar-refractivity contribution in [2.45, 2.75) is 57.2 Å². The topological polar surface area (TPSA) is 88.2 Å². The Morgan fingerprint density at radius 3 is 2.62 bits per heavy atom. The van der Waals surface area contributed by atoms with Crippen molar-refractivity contribution < 1.29 is 32.6 Å². The number of carbonyl (C=O) groups is 3. The van der Waals surface area contributed by atoms with Gasteiger partial charge in [0, 0.05) is 25.7 Å². The maximum absolute atomic E-state index is 13.7. The number of piperazine rings is 1. The molecule has 2 saturated heterocycles. The number of hydrogen-bond donors (Lipinski definition) is 1. The molecule has 8 nitrogen and oxygen atoms in total. The summed E-state index contributed by atoms with van der Waals surface area (Å²) in [6, 6.07) is 1.39. The Bertz CT molecular complexity index is 953. The van der Waals surface area contributed by atoms with Crippen molar-refractivity contribution in [3.05, 3.63) is 29.8 Å². The highest BCUT2D eigenvalue weighted by Gasteiger charge is 2.55. The molecule has 1 N–H and O–H groups in total. The Morgan fingerprint density at radius 1 is 1.18 bits per heavy atom. The molecule has 186 valence electrons. The number of rotatable bonds is 8. The van der Waals surface area contributed by atoms with E-state index in [2.05, 4.69) is 5.32 Å². The van der Waals surface area contributed by atoms with Crippen LogP contribution in [0.4, 0.5) is 8.78 Å². The van der Waals surface area contributed by atoms with Crippen LogP contribution in [-0.4, -0.2) is 78.1 Å². The van der Waals surface area contributed by atoms with Gasteiger partial charge in [-0.1, -0.05) is 13.8 Å². The van der Waals surface area contributed by atoms with Crippen LogP contribution in [0.5, 0.6) is 5.75 Å². The first-order chi connectivity index (χ1) is 16.2. The Kier molecular flexibility index (Phi) is 7.06. The second-order valence-electron chi connectivity index (χ2n) is 9.62. The van der Waals surface area contributed by atoms with Gasteiger partial charge in [-0.05, 0) is 43.7 Å². The van der Waals surface area contributed by atoms with E-state index in [4.69, 9.17) is 9.47 Å². The Hall–Kier alpha value is -2.75. The van der Waals surface area contributed by atoms with E-state index in [1.807, 2.05) is 13.8 Å². The van der Waals surface area contributed by atoms with Crippen molar-refractivity contribution in [3.8, 4) is 5.75 Å². The summed E-state index contributed by atoms with van der Waals surface area (Å²) >= 11 is 0. The van der Waals surface area contributed by atoms with Crippen molar-refractivity contribution in [1.29, 1.82) is 0 Å². The average Bonchev–Trinajstić information content (AvgIpc) is 3.41. The fourth-order valence-electron chi connectivity index (χ4n) is 4.53. The summed E-state index contributed by atoms with van der Waals surface area (Å²) in [5, 5.41) is 3.23. The molecule has 0 radical (unpaired) electrons. The number of nitrogens with zero attached hydrogens (tertiary/aromatic N) is 2. The number of hydrogen-bond acceptors (Lipinski definition) is 6. The normalized spacial score (nSPS) is 22.3. The van der Waals surface area contributed by atoms with Crippen molar-refractivity contribution in [1.82, 2.24) is 15.1 Å². The van der Waals surface area contributed by atoms with Crippen LogP contribution in [0.2, 0.25) is 0 Å². The third-order valence-corrected chi connectivity index (χ3v) is 6.56. The van der Waals surface area contributed by atoms with Gasteiger partial charge in [0.2, 0.25) is 11.8 Å². The standard InChI is InChI=1S/C24H31F2N3O5/c1-15(2)13-34-22(31)19-4-3-10-28(19)21(30)20(14-33-16-5-6-17(25)18(26)12-16)29-11-9-27-24(7-8-24)23(29)32/h5-6,12,15,19-20,27H,3-4,7-11,13-14H2,1-2H3/t19-,20-/m0/s1. The molecular weight excluding hydrogens is 448 g/mol. The van der Waals surface area contributed by atoms with Gasteiger partial charge >= 0.3 is 5.97 Å². The summed E-state index contributed by atoms with van der Waals surface area (Å²) in [4.78, 5) is 42.6. The van der Waals surface area contributed by atoms with E-state index >= 15 is 0 Å². The molecule has 2 aliphatic heterocycles. The number of esters is 1. The number of likely N-dealkylation sites (tertiary alicyclic amines) is 1. The molecule has 2 amide bonds. The number of carbonyl (C=O) groups excluding carboxylic acids is 3. The van der Waals surface area contributed by atoms with Crippen LogP contribution in [0.15, 0.2) is 18.2 Å². The van der Waals surface area contributed by atoms with Crippen LogP contribution in [0.25, 0.3) is 0 Å². The predicted molar refractivity (Wildman–Crippen MR) is 118 cm³/mol. The van der Waals surface area contributed by atoms with Crippen LogP contribution in [0, 0.1) is 17.6 Å². The zero-order valence-corrected chi connectivity index (χ0v) is 19.5. The zero-order valence-electron chi connectivity index (χ0n) is 19.5. The molecular formula is C24H31F2N3O5. The van der Waals surface area contributed by atoms with E-state index in [1.54, 1.807) is 0 Å². The molecule has 34 heavy (non-hydrogen) atoms. The minimum absolute atomic E-state index is 0.0507. The summed E-state index contributed by atoms with van der Waals surface area (Å²) in [6.45, 7) is 5.08. The lowest BCUT2D eigenvalue weighted by atomic mass is 10.1. The predicted octanol–water partition coefficient (Wildman–Crippen LogP) is 1.87. The number of halogens is 2. The molecule has 3 fully saturated rings. The fourth-order valence-corrected chi connectivity index (χ4v) is 4.53. The van der Waals surface area contributed by atoms with E-state index in [1.165, 1.54) is 15.9 Å². The Morgan fingerprint density at radius 2 is 1.94 bits per heavy atom. The van der Waals surface area contributed by atoms with Crippen LogP contribution < -0.4 is 10.1 Å². The van der Waals surface area contributed by atoms with Crippen LogP contribution in [0.1, 0.15) is 39.5 Å². The summed E-state index contributed by atoms with van der Waals surface area (Å²) in [6.07, 6.45) is 2.52. The smallest absolute Gasteiger partial charge is 0.328 e. The fraction of sp³-hybridized carbons (Fsp3) is 0.625. The van der Waals surface area contributed by atoms with Gasteiger partial charge in [-0.2, -0.15) is 0 Å². The molecule has 4 rings (SSSR count). The van der Waals surface area contributed by atoms with Crippen molar-refractivity contribution >= 4 is 17.8 Å². The van der Waals surface area contributed by atoms with E-state index < -0.39 is 41.1 Å². The van der Waals surface area contributed by atoms with Crippen LogP contribution >= 0.6 is 0 Å². The van der Waals surface area contributed by atoms with Crippen molar-refractivity contribution in [2.75, 3.05) is 32.8 Å². The SMILES string of the molecule is CC(C)COC(=O)[C@@H]1CCCN1C(=O)[C@H](COc1ccc(F)c(F)c1)N1CCNC2(CC2)C1=O. The second kappa shape index (κ2) is 9.85. The van der Waals surface area contributed by atoms with Gasteiger partial charge in [-0.25, -0.2) is 13.6 Å². The highest BCUT2D eigenvalue weighted by Crippen LogP contribution is 2.39. The van der Waals surface area contributed by atoms with E-state index in [9.17, 15) is 23.2 Å². The average molecular weight is 480 g/mol. The van der Waals surface area contributed by atoms with E-state index in [0.29, 0.717) is 45.3 Å². The zero-order chi connectivity index (χ0) is 24.5. The Balaban J connectivity index is 1.54. The summed E-state index contributed by atoms with van der Waals surface area (Å²) < 4.78 is 38.0. The third-order valence-electron chi connectivity index (χ3n) is 6.56. The number of ether oxygens (including phenoxy) is 2. The highest BCUT2D eigenvalue weighted by atomic mass is 19.2. The molecule has 2 atom stereocenters. The van der Waals surface area contributed by atoms with Gasteiger partial charge in [0.1, 0.15) is 24.4 Å². The van der Waals surface area contributed by atoms with Gasteiger partial charge < -0.3 is 24.6 Å². The number of benzene rings is 1. The monoisotopic (exact) mass is 479 g/mol. The second-order valence-corrected chi connectivity index (χ2v) is 9.62. The van der Waals surface area contributed by atoms with Crippen molar-refractivity contribution in [2.24, 2.45) is 5.92 Å². The minimum Gasteiger partial charge on any atom is -0.491 e. The Labute approximate surface area is 197 Å². The lowest BCUT2D eigenvalue weighted by Gasteiger charge is -2.40. The maximum Gasteiger partial charge on any atom is 0.328 e. The quantitative estimate of drug-likeness (QED) is 0.573. The van der Waals surface area contributed by atoms with Crippen LogP contribution in [0.3, 0.4) is 0 Å². The molecule has 1 aromatic carbocycles. The minimum atomic E-state index is -1.07. The molecule has 1 aromatic rings. The van der Waals surface area contributed by atoms with E-state index in [0.717, 1.165) is 12.1 Å². The lowest BCUT2D eigenvalue weighted by molar-refractivity contribution is -0.158. The molecule has 0 bridgehead atoms. The first-order valence-electron chi connectivity index (χ1n) is 11.8. The van der Waals surface area contributed by atoms with Gasteiger partial charge in [0.05, 0.1) is 12.1 Å². The molecule has 3 aliphatic rings. The van der Waals surface area contributed by atoms with Gasteiger partial charge in [-0.3, -0.25) is 9.59 Å². The molecule has 1 spiro atoms. The summed E-state index contributed by atoms with van der Waals surface area (Å²) in [5.41, 5.74) is -0.640. The van der Waals surface area contributed by atoms with Crippen LogP contribution in [-0.2, 0) is 19.1 Å². The third kappa shape index (κ3) is 5.01. The molecule has 1 saturated carbocycles. The number of nitrogens with one attached hydrogen (secondary N) is 1. The first-order valence-corrected chi connectivity index (χ1v) is 11.8.